The number of aryl methyl sites for hydroxylation is 1. The predicted octanol–water partition coefficient (Wildman–Crippen LogP) is 3.74. The van der Waals surface area contributed by atoms with Gasteiger partial charge < -0.3 is 15.1 Å². The highest BCUT2D eigenvalue weighted by molar-refractivity contribution is 6.31. The summed E-state index contributed by atoms with van der Waals surface area (Å²) in [5, 5.41) is 1.53. The van der Waals surface area contributed by atoms with Gasteiger partial charge in [-0.25, -0.2) is 0 Å². The number of benzene rings is 1. The molecule has 5 heteroatoms. The van der Waals surface area contributed by atoms with Crippen molar-refractivity contribution in [3.05, 3.63) is 34.5 Å². The molecule has 1 saturated heterocycles. The van der Waals surface area contributed by atoms with Crippen molar-refractivity contribution in [3.63, 3.8) is 0 Å². The molecule has 2 unspecified atom stereocenters. The summed E-state index contributed by atoms with van der Waals surface area (Å²) in [5.41, 5.74) is 7.60. The number of nitrogens with two attached hydrogens (primary N) is 1. The number of carbonyl (C=O) groups excluding carboxylic acids is 1. The molecular weight excluding hydrogens is 300 g/mol. The maximum absolute atomic E-state index is 12.9. The summed E-state index contributed by atoms with van der Waals surface area (Å²) in [6.45, 7) is 4.60. The fourth-order valence-corrected chi connectivity index (χ4v) is 3.46. The normalized spacial score (nSPS) is 20.4. The number of hydrogen-bond acceptors (Lipinski definition) is 3. The van der Waals surface area contributed by atoms with Crippen LogP contribution in [0.5, 0.6) is 0 Å². The van der Waals surface area contributed by atoms with Crippen molar-refractivity contribution in [2.45, 2.75) is 45.2 Å². The Hall–Kier alpha value is -1.52. The van der Waals surface area contributed by atoms with E-state index in [1.165, 1.54) is 0 Å². The predicted molar refractivity (Wildman–Crippen MR) is 88.3 cm³/mol. The monoisotopic (exact) mass is 320 g/mol. The van der Waals surface area contributed by atoms with Crippen molar-refractivity contribution >= 4 is 28.5 Å². The number of piperidine rings is 1. The molecule has 0 saturated carbocycles. The number of nitrogens with zero attached hydrogens (tertiary/aromatic N) is 1. The molecule has 118 valence electrons. The Morgan fingerprint density at radius 1 is 1.45 bits per heavy atom. The van der Waals surface area contributed by atoms with Crippen LogP contribution >= 0.6 is 11.6 Å². The lowest BCUT2D eigenvalue weighted by Crippen LogP contribution is -2.51. The van der Waals surface area contributed by atoms with Crippen molar-refractivity contribution in [1.29, 1.82) is 0 Å². The molecule has 1 amide bonds. The van der Waals surface area contributed by atoms with E-state index in [4.69, 9.17) is 21.8 Å². The summed E-state index contributed by atoms with van der Waals surface area (Å²) in [7, 11) is 0. The van der Waals surface area contributed by atoms with Gasteiger partial charge in [-0.15, -0.1) is 0 Å². The highest BCUT2D eigenvalue weighted by Gasteiger charge is 2.32. The van der Waals surface area contributed by atoms with E-state index in [-0.39, 0.29) is 18.0 Å². The Morgan fingerprint density at radius 2 is 2.23 bits per heavy atom. The summed E-state index contributed by atoms with van der Waals surface area (Å²) in [4.78, 5) is 14.8. The molecule has 0 radical (unpaired) electrons. The van der Waals surface area contributed by atoms with Crippen LogP contribution in [-0.4, -0.2) is 29.4 Å². The van der Waals surface area contributed by atoms with Crippen LogP contribution in [0.4, 0.5) is 0 Å². The van der Waals surface area contributed by atoms with Gasteiger partial charge in [0.15, 0.2) is 5.76 Å². The van der Waals surface area contributed by atoms with Gasteiger partial charge in [0.25, 0.3) is 5.91 Å². The standard InChI is InChI=1S/C17H21ClN2O2/c1-10-13-9-12(18)6-7-15(13)22-16(10)17(21)20-8-4-3-5-14(20)11(2)19/h6-7,9,11,14H,3-5,8,19H2,1-2H3. The first-order valence-electron chi connectivity index (χ1n) is 7.74. The van der Waals surface area contributed by atoms with E-state index in [1.807, 2.05) is 24.8 Å². The zero-order valence-electron chi connectivity index (χ0n) is 12.9. The largest absolute Gasteiger partial charge is 0.451 e. The van der Waals surface area contributed by atoms with Gasteiger partial charge >= 0.3 is 0 Å². The summed E-state index contributed by atoms with van der Waals surface area (Å²) < 4.78 is 5.81. The number of carbonyl (C=O) groups is 1. The third-order valence-electron chi connectivity index (χ3n) is 4.51. The fourth-order valence-electron chi connectivity index (χ4n) is 3.28. The molecule has 1 aliphatic rings. The molecule has 1 aromatic heterocycles. The Kier molecular flexibility index (Phi) is 4.15. The molecule has 2 heterocycles. The number of rotatable bonds is 2. The van der Waals surface area contributed by atoms with E-state index >= 15 is 0 Å². The maximum Gasteiger partial charge on any atom is 0.290 e. The van der Waals surface area contributed by atoms with Gasteiger partial charge in [-0.05, 0) is 51.3 Å². The van der Waals surface area contributed by atoms with Gasteiger partial charge in [-0.3, -0.25) is 4.79 Å². The van der Waals surface area contributed by atoms with Gasteiger partial charge in [0.2, 0.25) is 0 Å². The van der Waals surface area contributed by atoms with Crippen LogP contribution in [0.25, 0.3) is 11.0 Å². The van der Waals surface area contributed by atoms with E-state index in [2.05, 4.69) is 0 Å². The smallest absolute Gasteiger partial charge is 0.290 e. The number of hydrogen-bond donors (Lipinski definition) is 1. The molecule has 0 spiro atoms. The summed E-state index contributed by atoms with van der Waals surface area (Å²) in [6.07, 6.45) is 3.08. The maximum atomic E-state index is 12.9. The molecule has 4 nitrogen and oxygen atoms in total. The molecule has 2 N–H and O–H groups in total. The first kappa shape index (κ1) is 15.4. The Bertz CT molecular complexity index is 708. The zero-order valence-corrected chi connectivity index (χ0v) is 13.7. The van der Waals surface area contributed by atoms with Crippen molar-refractivity contribution in [1.82, 2.24) is 4.90 Å². The molecule has 22 heavy (non-hydrogen) atoms. The van der Waals surface area contributed by atoms with E-state index < -0.39 is 0 Å². The summed E-state index contributed by atoms with van der Waals surface area (Å²) >= 11 is 6.04. The first-order chi connectivity index (χ1) is 10.5. The minimum Gasteiger partial charge on any atom is -0.451 e. The topological polar surface area (TPSA) is 59.5 Å². The number of likely N-dealkylation sites (tertiary alicyclic amines) is 1. The Labute approximate surface area is 135 Å². The molecule has 1 aliphatic heterocycles. The Balaban J connectivity index is 1.99. The van der Waals surface area contributed by atoms with Crippen LogP contribution in [0.1, 0.15) is 42.3 Å². The number of fused-ring (bicyclic) bond motifs is 1. The second kappa shape index (κ2) is 5.94. The lowest BCUT2D eigenvalue weighted by molar-refractivity contribution is 0.0553. The molecular formula is C17H21ClN2O2. The third-order valence-corrected chi connectivity index (χ3v) is 4.74. The Morgan fingerprint density at radius 3 is 2.95 bits per heavy atom. The summed E-state index contributed by atoms with van der Waals surface area (Å²) in [5.74, 6) is 0.344. The third kappa shape index (κ3) is 2.61. The number of halogens is 1. The van der Waals surface area contributed by atoms with Crippen LogP contribution in [0.3, 0.4) is 0 Å². The van der Waals surface area contributed by atoms with Crippen molar-refractivity contribution in [3.8, 4) is 0 Å². The van der Waals surface area contributed by atoms with E-state index in [1.54, 1.807) is 12.1 Å². The van der Waals surface area contributed by atoms with Gasteiger partial charge in [0.05, 0.1) is 0 Å². The van der Waals surface area contributed by atoms with Crippen LogP contribution < -0.4 is 5.73 Å². The molecule has 1 aromatic carbocycles. The SMILES string of the molecule is Cc1c(C(=O)N2CCCCC2C(C)N)oc2ccc(Cl)cc12. The lowest BCUT2D eigenvalue weighted by atomic mass is 9.96. The second-order valence-electron chi connectivity index (χ2n) is 6.12. The van der Waals surface area contributed by atoms with Gasteiger partial charge in [0.1, 0.15) is 5.58 Å². The molecule has 1 fully saturated rings. The van der Waals surface area contributed by atoms with E-state index in [0.29, 0.717) is 16.4 Å². The van der Waals surface area contributed by atoms with Crippen LogP contribution in [-0.2, 0) is 0 Å². The van der Waals surface area contributed by atoms with Gasteiger partial charge in [0, 0.05) is 34.6 Å². The zero-order chi connectivity index (χ0) is 15.9. The molecule has 2 aromatic rings. The first-order valence-corrected chi connectivity index (χ1v) is 8.12. The van der Waals surface area contributed by atoms with Crippen molar-refractivity contribution in [2.75, 3.05) is 6.54 Å². The van der Waals surface area contributed by atoms with Gasteiger partial charge in [-0.1, -0.05) is 11.6 Å². The minimum absolute atomic E-state index is 0.0385. The molecule has 0 bridgehead atoms. The molecule has 3 rings (SSSR count). The van der Waals surface area contributed by atoms with Crippen LogP contribution in [0.2, 0.25) is 5.02 Å². The highest BCUT2D eigenvalue weighted by atomic mass is 35.5. The average molecular weight is 321 g/mol. The van der Waals surface area contributed by atoms with E-state index in [9.17, 15) is 4.79 Å². The second-order valence-corrected chi connectivity index (χ2v) is 6.55. The fraction of sp³-hybridized carbons (Fsp3) is 0.471. The minimum atomic E-state index is -0.0631. The number of furan rings is 1. The van der Waals surface area contributed by atoms with Crippen LogP contribution in [0.15, 0.2) is 22.6 Å². The van der Waals surface area contributed by atoms with Crippen LogP contribution in [0, 0.1) is 6.92 Å². The molecule has 2 atom stereocenters. The highest BCUT2D eigenvalue weighted by Crippen LogP contribution is 2.30. The summed E-state index contributed by atoms with van der Waals surface area (Å²) in [6, 6.07) is 5.46. The van der Waals surface area contributed by atoms with Crippen molar-refractivity contribution < 1.29 is 9.21 Å². The molecule has 0 aliphatic carbocycles. The van der Waals surface area contributed by atoms with Gasteiger partial charge in [-0.2, -0.15) is 0 Å². The lowest BCUT2D eigenvalue weighted by Gasteiger charge is -2.37. The number of amides is 1. The average Bonchev–Trinajstić information content (AvgIpc) is 2.83. The quantitative estimate of drug-likeness (QED) is 0.917. The van der Waals surface area contributed by atoms with Crippen molar-refractivity contribution in [2.24, 2.45) is 5.73 Å². The van der Waals surface area contributed by atoms with E-state index in [0.717, 1.165) is 36.8 Å².